The molecule has 1 unspecified atom stereocenters. The molecule has 2 aliphatic carbocycles. The van der Waals surface area contributed by atoms with Gasteiger partial charge in [-0.1, -0.05) is 15.9 Å². The van der Waals surface area contributed by atoms with Crippen LogP contribution in [0, 0.1) is 10.8 Å². The molecule has 1 atom stereocenters. The van der Waals surface area contributed by atoms with Crippen molar-refractivity contribution in [2.45, 2.75) is 38.1 Å². The minimum Gasteiger partial charge on any atom is -0.468 e. The number of esters is 1. The van der Waals surface area contributed by atoms with Crippen molar-refractivity contribution in [3.63, 3.8) is 0 Å². The molecule has 0 amide bonds. The number of carbonyl (C=O) groups excluding carboxylic acids is 1. The Morgan fingerprint density at radius 2 is 2.12 bits per heavy atom. The molecule has 1 heterocycles. The smallest absolute Gasteiger partial charge is 0.323 e. The van der Waals surface area contributed by atoms with Crippen LogP contribution < -0.4 is 0 Å². The summed E-state index contributed by atoms with van der Waals surface area (Å²) in [5.74, 6) is -0.0286. The summed E-state index contributed by atoms with van der Waals surface area (Å²) >= 11 is 3.62. The highest BCUT2D eigenvalue weighted by Crippen LogP contribution is 2.57. The Bertz CT molecular complexity index is 336. The molecule has 0 radical (unpaired) electrons. The highest BCUT2D eigenvalue weighted by Gasteiger charge is 2.56. The zero-order chi connectivity index (χ0) is 12.1. The van der Waals surface area contributed by atoms with E-state index in [9.17, 15) is 4.79 Å². The van der Waals surface area contributed by atoms with Gasteiger partial charge in [-0.25, -0.2) is 0 Å². The van der Waals surface area contributed by atoms with Crippen LogP contribution in [0.15, 0.2) is 0 Å². The van der Waals surface area contributed by atoms with E-state index in [1.165, 1.54) is 32.8 Å². The number of hydrogen-bond donors (Lipinski definition) is 0. The van der Waals surface area contributed by atoms with Gasteiger partial charge in [-0.2, -0.15) is 0 Å². The number of rotatable bonds is 4. The van der Waals surface area contributed by atoms with Crippen molar-refractivity contribution in [3.8, 4) is 0 Å². The van der Waals surface area contributed by atoms with Crippen molar-refractivity contribution in [3.05, 3.63) is 0 Å². The first-order chi connectivity index (χ1) is 8.12. The molecule has 1 saturated heterocycles. The van der Waals surface area contributed by atoms with E-state index in [2.05, 4.69) is 20.8 Å². The maximum absolute atomic E-state index is 11.9. The van der Waals surface area contributed by atoms with Gasteiger partial charge in [-0.3, -0.25) is 9.69 Å². The third kappa shape index (κ3) is 2.14. The summed E-state index contributed by atoms with van der Waals surface area (Å²) in [7, 11) is 1.51. The summed E-state index contributed by atoms with van der Waals surface area (Å²) in [4.78, 5) is 14.3. The third-order valence-corrected chi connectivity index (χ3v) is 6.00. The molecule has 0 aromatic carbocycles. The van der Waals surface area contributed by atoms with E-state index >= 15 is 0 Å². The molecule has 0 bridgehead atoms. The van der Waals surface area contributed by atoms with E-state index in [0.717, 1.165) is 24.8 Å². The Morgan fingerprint density at radius 3 is 2.59 bits per heavy atom. The van der Waals surface area contributed by atoms with Crippen LogP contribution in [-0.4, -0.2) is 42.4 Å². The molecule has 3 aliphatic rings. The number of methoxy groups -OCH3 is 1. The minimum absolute atomic E-state index is 0.0269. The van der Waals surface area contributed by atoms with Gasteiger partial charge >= 0.3 is 5.97 Å². The number of carbonyl (C=O) groups is 1. The Kier molecular flexibility index (Phi) is 2.78. The molecular formula is C13H20BrNO2. The number of hydrogen-bond acceptors (Lipinski definition) is 3. The molecule has 2 saturated carbocycles. The molecule has 3 fully saturated rings. The molecule has 0 N–H and O–H groups in total. The van der Waals surface area contributed by atoms with E-state index in [-0.39, 0.29) is 12.0 Å². The summed E-state index contributed by atoms with van der Waals surface area (Å²) in [6.45, 7) is 2.18. The number of nitrogens with zero attached hydrogens (tertiary/aromatic N) is 1. The molecule has 3 nitrogen and oxygen atoms in total. The molecule has 0 aromatic heterocycles. The van der Waals surface area contributed by atoms with Crippen LogP contribution in [0.1, 0.15) is 32.1 Å². The minimum atomic E-state index is -0.0286. The Hall–Kier alpha value is -0.0900. The maximum Gasteiger partial charge on any atom is 0.323 e. The quantitative estimate of drug-likeness (QED) is 0.589. The lowest BCUT2D eigenvalue weighted by Crippen LogP contribution is -2.40. The summed E-state index contributed by atoms with van der Waals surface area (Å²) in [6, 6.07) is 0.0269. The van der Waals surface area contributed by atoms with E-state index in [0.29, 0.717) is 10.8 Å². The highest BCUT2D eigenvalue weighted by atomic mass is 79.9. The Morgan fingerprint density at radius 1 is 1.41 bits per heavy atom. The molecular weight excluding hydrogens is 282 g/mol. The predicted molar refractivity (Wildman–Crippen MR) is 69.1 cm³/mol. The average molecular weight is 302 g/mol. The summed E-state index contributed by atoms with van der Waals surface area (Å²) in [5, 5.41) is 1.07. The summed E-state index contributed by atoms with van der Waals surface area (Å²) < 4.78 is 4.96. The monoisotopic (exact) mass is 301 g/mol. The lowest BCUT2D eigenvalue weighted by molar-refractivity contribution is -0.146. The predicted octanol–water partition coefficient (Wildman–Crippen LogP) is 2.19. The van der Waals surface area contributed by atoms with E-state index in [1.54, 1.807) is 0 Å². The van der Waals surface area contributed by atoms with Crippen molar-refractivity contribution >= 4 is 21.9 Å². The second-order valence-corrected chi connectivity index (χ2v) is 6.84. The van der Waals surface area contributed by atoms with E-state index in [4.69, 9.17) is 4.74 Å². The second kappa shape index (κ2) is 3.95. The molecule has 17 heavy (non-hydrogen) atoms. The van der Waals surface area contributed by atoms with Gasteiger partial charge in [0.15, 0.2) is 0 Å². The number of alkyl halides is 1. The van der Waals surface area contributed by atoms with E-state index in [1.807, 2.05) is 0 Å². The second-order valence-electron chi connectivity index (χ2n) is 6.28. The van der Waals surface area contributed by atoms with Gasteiger partial charge in [0.25, 0.3) is 0 Å². The average Bonchev–Trinajstić information content (AvgIpc) is 3.21. The van der Waals surface area contributed by atoms with Crippen molar-refractivity contribution in [1.29, 1.82) is 0 Å². The SMILES string of the molecule is COC(=O)C1CC2(CC2)CN1CC1(CBr)CC1. The van der Waals surface area contributed by atoms with Gasteiger partial charge in [-0.15, -0.1) is 0 Å². The number of halogens is 1. The fraction of sp³-hybridized carbons (Fsp3) is 0.923. The molecule has 1 spiro atoms. The van der Waals surface area contributed by atoms with Crippen molar-refractivity contribution in [1.82, 2.24) is 4.90 Å². The number of ether oxygens (including phenoxy) is 1. The lowest BCUT2D eigenvalue weighted by atomic mass is 10.0. The van der Waals surface area contributed by atoms with Crippen LogP contribution in [0.5, 0.6) is 0 Å². The van der Waals surface area contributed by atoms with Gasteiger partial charge in [0.2, 0.25) is 0 Å². The molecule has 3 rings (SSSR count). The van der Waals surface area contributed by atoms with Crippen molar-refractivity contribution in [2.24, 2.45) is 10.8 Å². The fourth-order valence-corrected chi connectivity index (χ4v) is 3.90. The summed E-state index contributed by atoms with van der Waals surface area (Å²) in [6.07, 6.45) is 6.24. The molecule has 4 heteroatoms. The first-order valence-electron chi connectivity index (χ1n) is 6.50. The fourth-order valence-electron chi connectivity index (χ4n) is 3.16. The van der Waals surface area contributed by atoms with Crippen LogP contribution in [0.3, 0.4) is 0 Å². The number of likely N-dealkylation sites (tertiary alicyclic amines) is 1. The van der Waals surface area contributed by atoms with E-state index < -0.39 is 0 Å². The topological polar surface area (TPSA) is 29.5 Å². The normalized spacial score (nSPS) is 32.7. The van der Waals surface area contributed by atoms with Gasteiger partial charge in [0.1, 0.15) is 6.04 Å². The first-order valence-corrected chi connectivity index (χ1v) is 7.62. The lowest BCUT2D eigenvalue weighted by Gasteiger charge is -2.26. The van der Waals surface area contributed by atoms with Crippen LogP contribution in [0.25, 0.3) is 0 Å². The molecule has 96 valence electrons. The zero-order valence-corrected chi connectivity index (χ0v) is 12.0. The van der Waals surface area contributed by atoms with Gasteiger partial charge < -0.3 is 4.74 Å². The Balaban J connectivity index is 1.70. The van der Waals surface area contributed by atoms with Gasteiger partial charge in [0.05, 0.1) is 7.11 Å². The molecule has 0 aromatic rings. The van der Waals surface area contributed by atoms with Crippen molar-refractivity contribution < 1.29 is 9.53 Å². The van der Waals surface area contributed by atoms with Crippen LogP contribution >= 0.6 is 15.9 Å². The van der Waals surface area contributed by atoms with Crippen LogP contribution in [0.4, 0.5) is 0 Å². The van der Waals surface area contributed by atoms with Crippen LogP contribution in [0.2, 0.25) is 0 Å². The zero-order valence-electron chi connectivity index (χ0n) is 10.4. The molecule has 1 aliphatic heterocycles. The van der Waals surface area contributed by atoms with Gasteiger partial charge in [-0.05, 0) is 42.9 Å². The first kappa shape index (κ1) is 12.0. The summed E-state index contributed by atoms with van der Waals surface area (Å²) in [5.41, 5.74) is 0.925. The van der Waals surface area contributed by atoms with Gasteiger partial charge in [0, 0.05) is 18.4 Å². The highest BCUT2D eigenvalue weighted by molar-refractivity contribution is 9.09. The Labute approximate surface area is 111 Å². The van der Waals surface area contributed by atoms with Crippen LogP contribution in [-0.2, 0) is 9.53 Å². The van der Waals surface area contributed by atoms with Crippen molar-refractivity contribution in [2.75, 3.05) is 25.5 Å². The largest absolute Gasteiger partial charge is 0.468 e. The maximum atomic E-state index is 11.9. The standard InChI is InChI=1S/C13H20BrNO2/c1-17-11(16)10-6-12(2-3-12)8-15(10)9-13(7-14)4-5-13/h10H,2-9H2,1H3. The third-order valence-electron chi connectivity index (χ3n) is 4.82.